The predicted octanol–water partition coefficient (Wildman–Crippen LogP) is 2.47. The van der Waals surface area contributed by atoms with Crippen LogP contribution in [-0.2, 0) is 0 Å². The van der Waals surface area contributed by atoms with E-state index in [9.17, 15) is 13.2 Å². The van der Waals surface area contributed by atoms with Crippen LogP contribution in [0.15, 0.2) is 18.2 Å². The fraction of sp³-hybridized carbons (Fsp3) is 0.200. The van der Waals surface area contributed by atoms with Crippen molar-refractivity contribution < 1.29 is 17.9 Å². The van der Waals surface area contributed by atoms with Crippen LogP contribution in [0.2, 0.25) is 0 Å². The summed E-state index contributed by atoms with van der Waals surface area (Å²) >= 11 is 0. The maximum atomic E-state index is 13.1. The van der Waals surface area contributed by atoms with Crippen LogP contribution in [0.3, 0.4) is 0 Å². The molecule has 2 nitrogen and oxygen atoms in total. The molecular weight excluding hydrogens is 207 g/mol. The van der Waals surface area contributed by atoms with Crippen LogP contribution in [0.4, 0.5) is 18.9 Å². The zero-order chi connectivity index (χ0) is 11.3. The number of hydrogen-bond acceptors (Lipinski definition) is 2. The fourth-order valence-corrected chi connectivity index (χ4v) is 0.955. The molecule has 0 aliphatic carbocycles. The van der Waals surface area contributed by atoms with Crippen LogP contribution in [-0.4, -0.2) is 13.2 Å². The van der Waals surface area contributed by atoms with Gasteiger partial charge in [-0.1, -0.05) is 5.92 Å². The van der Waals surface area contributed by atoms with Crippen LogP contribution in [0.1, 0.15) is 0 Å². The average molecular weight is 215 g/mol. The molecule has 0 aromatic heterocycles. The quantitative estimate of drug-likeness (QED) is 0.779. The highest BCUT2D eigenvalue weighted by molar-refractivity contribution is 5.47. The van der Waals surface area contributed by atoms with Gasteiger partial charge in [0.05, 0.1) is 6.54 Å². The number of rotatable bonds is 4. The molecule has 0 spiro atoms. The molecule has 0 bridgehead atoms. The molecule has 1 N–H and O–H groups in total. The van der Waals surface area contributed by atoms with E-state index in [4.69, 9.17) is 6.42 Å². The summed E-state index contributed by atoms with van der Waals surface area (Å²) in [6, 6.07) is 3.55. The van der Waals surface area contributed by atoms with Crippen LogP contribution in [0, 0.1) is 18.2 Å². The number of nitrogens with one attached hydrogen (secondary N) is 1. The number of terminal acetylenes is 1. The Kier molecular flexibility index (Phi) is 3.86. The summed E-state index contributed by atoms with van der Waals surface area (Å²) in [6.45, 7) is -2.81. The van der Waals surface area contributed by atoms with Gasteiger partial charge in [-0.3, -0.25) is 0 Å². The SMILES string of the molecule is C#CCNc1ccc(OC(F)F)c(F)c1. The standard InChI is InChI=1S/C10H8F3NO/c1-2-5-14-7-3-4-9(8(11)6-7)15-10(12)13/h1,3-4,6,10,14H,5H2. The minimum atomic E-state index is -3.04. The first-order valence-electron chi connectivity index (χ1n) is 4.05. The molecule has 0 aliphatic rings. The molecule has 5 heteroatoms. The highest BCUT2D eigenvalue weighted by atomic mass is 19.3. The largest absolute Gasteiger partial charge is 0.432 e. The molecule has 1 aromatic rings. The number of alkyl halides is 2. The lowest BCUT2D eigenvalue weighted by atomic mass is 10.3. The van der Waals surface area contributed by atoms with Crippen molar-refractivity contribution in [3.05, 3.63) is 24.0 Å². The summed E-state index contributed by atoms with van der Waals surface area (Å²) in [7, 11) is 0. The van der Waals surface area contributed by atoms with E-state index in [2.05, 4.69) is 16.0 Å². The van der Waals surface area contributed by atoms with Gasteiger partial charge < -0.3 is 10.1 Å². The molecule has 1 aromatic carbocycles. The second-order valence-corrected chi connectivity index (χ2v) is 2.58. The van der Waals surface area contributed by atoms with Gasteiger partial charge in [-0.2, -0.15) is 8.78 Å². The molecule has 0 fully saturated rings. The maximum absolute atomic E-state index is 13.1. The summed E-state index contributed by atoms with van der Waals surface area (Å²) in [4.78, 5) is 0. The number of anilines is 1. The monoisotopic (exact) mass is 215 g/mol. The van der Waals surface area contributed by atoms with Crippen molar-refractivity contribution in [3.63, 3.8) is 0 Å². The minimum Gasteiger partial charge on any atom is -0.432 e. The number of hydrogen-bond donors (Lipinski definition) is 1. The van der Waals surface area contributed by atoms with Gasteiger partial charge in [0.1, 0.15) is 0 Å². The van der Waals surface area contributed by atoms with Crippen LogP contribution in [0.25, 0.3) is 0 Å². The normalized spacial score (nSPS) is 9.80. The van der Waals surface area contributed by atoms with Crippen molar-refractivity contribution >= 4 is 5.69 Å². The Morgan fingerprint density at radius 1 is 1.47 bits per heavy atom. The first-order chi connectivity index (χ1) is 7.13. The van der Waals surface area contributed by atoms with Crippen molar-refractivity contribution in [1.29, 1.82) is 0 Å². The van der Waals surface area contributed by atoms with E-state index < -0.39 is 18.2 Å². The number of halogens is 3. The zero-order valence-electron chi connectivity index (χ0n) is 7.64. The molecule has 0 aliphatic heterocycles. The van der Waals surface area contributed by atoms with Crippen molar-refractivity contribution in [2.45, 2.75) is 6.61 Å². The lowest BCUT2D eigenvalue weighted by molar-refractivity contribution is -0.0521. The van der Waals surface area contributed by atoms with Crippen LogP contribution < -0.4 is 10.1 Å². The average Bonchev–Trinajstić information content (AvgIpc) is 2.18. The van der Waals surface area contributed by atoms with E-state index in [0.717, 1.165) is 12.1 Å². The molecule has 1 rings (SSSR count). The van der Waals surface area contributed by atoms with Crippen molar-refractivity contribution in [3.8, 4) is 18.1 Å². The zero-order valence-corrected chi connectivity index (χ0v) is 7.64. The Morgan fingerprint density at radius 3 is 2.73 bits per heavy atom. The molecule has 0 saturated heterocycles. The van der Waals surface area contributed by atoms with Crippen molar-refractivity contribution in [1.82, 2.24) is 0 Å². The molecule has 0 unspecified atom stereocenters. The lowest BCUT2D eigenvalue weighted by Crippen LogP contribution is -2.04. The molecule has 80 valence electrons. The van der Waals surface area contributed by atoms with Gasteiger partial charge in [-0.15, -0.1) is 6.42 Å². The molecule has 0 atom stereocenters. The Bertz CT molecular complexity index is 373. The number of benzene rings is 1. The van der Waals surface area contributed by atoms with Crippen molar-refractivity contribution in [2.75, 3.05) is 11.9 Å². The Labute approximate surface area is 85.1 Å². The van der Waals surface area contributed by atoms with Crippen molar-refractivity contribution in [2.24, 2.45) is 0 Å². The predicted molar refractivity (Wildman–Crippen MR) is 50.4 cm³/mol. The summed E-state index contributed by atoms with van der Waals surface area (Å²) in [5.74, 6) is 0.944. The smallest absolute Gasteiger partial charge is 0.387 e. The topological polar surface area (TPSA) is 21.3 Å². The van der Waals surface area contributed by atoms with E-state index in [1.54, 1.807) is 0 Å². The van der Waals surface area contributed by atoms with Gasteiger partial charge in [0.25, 0.3) is 0 Å². The second-order valence-electron chi connectivity index (χ2n) is 2.58. The molecular formula is C10H8F3NO. The third-order valence-corrected chi connectivity index (χ3v) is 1.54. The highest BCUT2D eigenvalue weighted by Gasteiger charge is 2.09. The molecule has 0 amide bonds. The van der Waals surface area contributed by atoms with E-state index >= 15 is 0 Å². The third kappa shape index (κ3) is 3.43. The fourth-order valence-electron chi connectivity index (χ4n) is 0.955. The van der Waals surface area contributed by atoms with Gasteiger partial charge in [0, 0.05) is 11.8 Å². The first kappa shape index (κ1) is 11.2. The van der Waals surface area contributed by atoms with Gasteiger partial charge in [0.15, 0.2) is 11.6 Å². The van der Waals surface area contributed by atoms with Gasteiger partial charge in [0.2, 0.25) is 0 Å². The summed E-state index contributed by atoms with van der Waals surface area (Å²) < 4.78 is 40.6. The van der Waals surface area contributed by atoms with Crippen LogP contribution >= 0.6 is 0 Å². The Morgan fingerprint density at radius 2 is 2.20 bits per heavy atom. The molecule has 0 radical (unpaired) electrons. The van der Waals surface area contributed by atoms with Crippen LogP contribution in [0.5, 0.6) is 5.75 Å². The minimum absolute atomic E-state index is 0.231. The first-order valence-corrected chi connectivity index (χ1v) is 4.05. The third-order valence-electron chi connectivity index (χ3n) is 1.54. The van der Waals surface area contributed by atoms with E-state index in [1.165, 1.54) is 6.07 Å². The van der Waals surface area contributed by atoms with E-state index in [0.29, 0.717) is 5.69 Å². The van der Waals surface area contributed by atoms with E-state index in [-0.39, 0.29) is 6.54 Å². The summed E-state index contributed by atoms with van der Waals surface area (Å²) in [5.41, 5.74) is 0.409. The highest BCUT2D eigenvalue weighted by Crippen LogP contribution is 2.22. The summed E-state index contributed by atoms with van der Waals surface area (Å²) in [6.07, 6.45) is 4.98. The lowest BCUT2D eigenvalue weighted by Gasteiger charge is -2.07. The van der Waals surface area contributed by atoms with Gasteiger partial charge >= 0.3 is 6.61 Å². The van der Waals surface area contributed by atoms with E-state index in [1.807, 2.05) is 0 Å². The number of ether oxygens (including phenoxy) is 1. The van der Waals surface area contributed by atoms with Gasteiger partial charge in [-0.05, 0) is 12.1 Å². The maximum Gasteiger partial charge on any atom is 0.387 e. The second kappa shape index (κ2) is 5.15. The summed E-state index contributed by atoms with van der Waals surface area (Å²) in [5, 5.41) is 2.70. The molecule has 15 heavy (non-hydrogen) atoms. The Balaban J connectivity index is 2.75. The van der Waals surface area contributed by atoms with Gasteiger partial charge in [-0.25, -0.2) is 4.39 Å². The Hall–Kier alpha value is -1.83. The molecule has 0 heterocycles. The molecule has 0 saturated carbocycles.